The zero-order valence-electron chi connectivity index (χ0n) is 19.4. The molecule has 32 heavy (non-hydrogen) atoms. The van der Waals surface area contributed by atoms with Gasteiger partial charge in [-0.05, 0) is 63.1 Å². The maximum Gasteiger partial charge on any atom is 0.410 e. The van der Waals surface area contributed by atoms with Gasteiger partial charge in [-0.25, -0.2) is 4.79 Å². The molecule has 174 valence electrons. The van der Waals surface area contributed by atoms with Gasteiger partial charge in [-0.1, -0.05) is 12.1 Å². The first kappa shape index (κ1) is 23.7. The molecule has 2 aromatic rings. The van der Waals surface area contributed by atoms with Crippen molar-refractivity contribution in [1.29, 1.82) is 0 Å². The molecule has 1 amide bonds. The van der Waals surface area contributed by atoms with Crippen molar-refractivity contribution < 1.29 is 23.7 Å². The van der Waals surface area contributed by atoms with Crippen molar-refractivity contribution in [3.63, 3.8) is 0 Å². The van der Waals surface area contributed by atoms with Crippen LogP contribution in [0.25, 0.3) is 0 Å². The molecule has 0 unspecified atom stereocenters. The van der Waals surface area contributed by atoms with Crippen molar-refractivity contribution in [2.75, 3.05) is 32.5 Å². The molecule has 1 fully saturated rings. The molecular formula is C25H34N2O5. The normalized spacial score (nSPS) is 16.1. The Morgan fingerprint density at radius 1 is 1.06 bits per heavy atom. The predicted molar refractivity (Wildman–Crippen MR) is 124 cm³/mol. The van der Waals surface area contributed by atoms with Gasteiger partial charge in [0.1, 0.15) is 23.7 Å². The van der Waals surface area contributed by atoms with Crippen molar-refractivity contribution in [2.45, 2.75) is 46.0 Å². The van der Waals surface area contributed by atoms with Gasteiger partial charge in [-0.3, -0.25) is 0 Å². The summed E-state index contributed by atoms with van der Waals surface area (Å²) in [5.41, 5.74) is 8.28. The van der Waals surface area contributed by atoms with Crippen LogP contribution in [0.1, 0.15) is 38.3 Å². The predicted octanol–water partition coefficient (Wildman–Crippen LogP) is 4.63. The minimum atomic E-state index is -0.479. The molecule has 0 spiro atoms. The number of amides is 1. The lowest BCUT2D eigenvalue weighted by Crippen LogP contribution is -2.35. The van der Waals surface area contributed by atoms with Crippen LogP contribution in [-0.4, -0.2) is 43.4 Å². The number of benzene rings is 2. The molecule has 0 aliphatic carbocycles. The molecule has 7 nitrogen and oxygen atoms in total. The fraction of sp³-hybridized carbons (Fsp3) is 0.480. The zero-order chi connectivity index (χ0) is 23.1. The minimum absolute atomic E-state index is 0.255. The van der Waals surface area contributed by atoms with E-state index in [0.717, 1.165) is 29.0 Å². The smallest absolute Gasteiger partial charge is 0.410 e. The van der Waals surface area contributed by atoms with Crippen LogP contribution in [-0.2, 0) is 22.7 Å². The van der Waals surface area contributed by atoms with E-state index >= 15 is 0 Å². The number of hydrogen-bond acceptors (Lipinski definition) is 6. The summed E-state index contributed by atoms with van der Waals surface area (Å²) in [6.07, 6.45) is 0.650. The maximum atomic E-state index is 12.2. The van der Waals surface area contributed by atoms with E-state index in [0.29, 0.717) is 44.5 Å². The van der Waals surface area contributed by atoms with Gasteiger partial charge in [-0.15, -0.1) is 0 Å². The summed E-state index contributed by atoms with van der Waals surface area (Å²) in [4.78, 5) is 13.9. The van der Waals surface area contributed by atoms with Crippen molar-refractivity contribution >= 4 is 11.8 Å². The lowest BCUT2D eigenvalue weighted by atomic mass is 10.1. The van der Waals surface area contributed by atoms with Crippen LogP contribution in [0.15, 0.2) is 42.5 Å². The van der Waals surface area contributed by atoms with Crippen molar-refractivity contribution in [2.24, 2.45) is 5.92 Å². The first-order chi connectivity index (χ1) is 15.2. The van der Waals surface area contributed by atoms with Gasteiger partial charge >= 0.3 is 6.09 Å². The van der Waals surface area contributed by atoms with Crippen LogP contribution in [0, 0.1) is 5.92 Å². The molecule has 1 heterocycles. The number of nitrogens with two attached hydrogens (primary N) is 1. The molecule has 0 bridgehead atoms. The summed E-state index contributed by atoms with van der Waals surface area (Å²) >= 11 is 0. The molecular weight excluding hydrogens is 408 g/mol. The van der Waals surface area contributed by atoms with E-state index in [1.807, 2.05) is 63.2 Å². The number of hydrogen-bond donors (Lipinski definition) is 1. The number of carbonyl (C=O) groups is 1. The topological polar surface area (TPSA) is 83.3 Å². The van der Waals surface area contributed by atoms with Crippen molar-refractivity contribution in [3.05, 3.63) is 53.6 Å². The largest absolute Gasteiger partial charge is 0.493 e. The Hall–Kier alpha value is -2.93. The number of nitrogens with zero attached hydrogens (tertiary/aromatic N) is 1. The molecule has 1 aliphatic rings. The number of likely N-dealkylation sites (tertiary alicyclic amines) is 1. The Bertz CT molecular complexity index is 892. The van der Waals surface area contributed by atoms with E-state index in [1.54, 1.807) is 12.0 Å². The highest BCUT2D eigenvalue weighted by Crippen LogP contribution is 2.24. The first-order valence-electron chi connectivity index (χ1n) is 10.9. The van der Waals surface area contributed by atoms with Gasteiger partial charge in [0.15, 0.2) is 0 Å². The summed E-state index contributed by atoms with van der Waals surface area (Å²) in [7, 11) is 1.66. The highest BCUT2D eigenvalue weighted by Gasteiger charge is 2.30. The van der Waals surface area contributed by atoms with E-state index in [9.17, 15) is 4.79 Å². The molecule has 1 atom stereocenters. The molecule has 7 heteroatoms. The second-order valence-electron chi connectivity index (χ2n) is 9.07. The minimum Gasteiger partial charge on any atom is -0.493 e. The fourth-order valence-electron chi connectivity index (χ4n) is 3.58. The van der Waals surface area contributed by atoms with Crippen molar-refractivity contribution in [1.82, 2.24) is 4.90 Å². The Labute approximate surface area is 190 Å². The zero-order valence-corrected chi connectivity index (χ0v) is 19.4. The summed E-state index contributed by atoms with van der Waals surface area (Å²) in [5.74, 6) is 1.80. The number of carbonyl (C=O) groups excluding carboxylic acids is 1. The third-order valence-electron chi connectivity index (χ3n) is 5.24. The highest BCUT2D eigenvalue weighted by atomic mass is 16.6. The molecule has 0 saturated carbocycles. The SMILES string of the molecule is COCc1cccc(N)c1COc1ccc(OC[C@H]2CCN(C(=O)OC(C)(C)C)C2)cc1. The second kappa shape index (κ2) is 10.6. The summed E-state index contributed by atoms with van der Waals surface area (Å²) in [6, 6.07) is 13.3. The number of ether oxygens (including phenoxy) is 4. The first-order valence-corrected chi connectivity index (χ1v) is 10.9. The third-order valence-corrected chi connectivity index (χ3v) is 5.24. The number of methoxy groups -OCH3 is 1. The van der Waals surface area contributed by atoms with Crippen LogP contribution in [0.5, 0.6) is 11.5 Å². The maximum absolute atomic E-state index is 12.2. The van der Waals surface area contributed by atoms with Crippen LogP contribution >= 0.6 is 0 Å². The monoisotopic (exact) mass is 442 g/mol. The van der Waals surface area contributed by atoms with Crippen LogP contribution in [0.4, 0.5) is 10.5 Å². The van der Waals surface area contributed by atoms with Gasteiger partial charge in [0.25, 0.3) is 0 Å². The van der Waals surface area contributed by atoms with Gasteiger partial charge in [0.05, 0.1) is 13.2 Å². The lowest BCUT2D eigenvalue weighted by molar-refractivity contribution is 0.0285. The Kier molecular flexibility index (Phi) is 7.85. The standard InChI is InChI=1S/C25H34N2O5/c1-25(2,3)32-24(28)27-13-12-18(14-27)15-30-20-8-10-21(11-9-20)31-17-22-19(16-29-4)6-5-7-23(22)26/h5-11,18H,12-17,26H2,1-4H3/t18-/m0/s1. The second-order valence-corrected chi connectivity index (χ2v) is 9.07. The summed E-state index contributed by atoms with van der Waals surface area (Å²) in [5, 5.41) is 0. The Balaban J connectivity index is 1.46. The van der Waals surface area contributed by atoms with Crippen LogP contribution in [0.2, 0.25) is 0 Å². The molecule has 1 aliphatic heterocycles. The third kappa shape index (κ3) is 6.79. The quantitative estimate of drug-likeness (QED) is 0.600. The lowest BCUT2D eigenvalue weighted by Gasteiger charge is -2.24. The van der Waals surface area contributed by atoms with E-state index in [1.165, 1.54) is 0 Å². The number of nitrogen functional groups attached to an aromatic ring is 1. The molecule has 2 aromatic carbocycles. The molecule has 3 rings (SSSR count). The number of anilines is 1. The van der Waals surface area contributed by atoms with Gasteiger partial charge in [0.2, 0.25) is 0 Å². The Morgan fingerprint density at radius 3 is 2.41 bits per heavy atom. The van der Waals surface area contributed by atoms with E-state index in [4.69, 9.17) is 24.7 Å². The van der Waals surface area contributed by atoms with E-state index in [-0.39, 0.29) is 6.09 Å². The van der Waals surface area contributed by atoms with E-state index in [2.05, 4.69) is 0 Å². The van der Waals surface area contributed by atoms with Gasteiger partial charge in [-0.2, -0.15) is 0 Å². The average Bonchev–Trinajstić information content (AvgIpc) is 3.21. The van der Waals surface area contributed by atoms with Gasteiger partial charge in [0, 0.05) is 37.4 Å². The van der Waals surface area contributed by atoms with E-state index < -0.39 is 5.60 Å². The summed E-state index contributed by atoms with van der Waals surface area (Å²) < 4.78 is 22.6. The molecule has 2 N–H and O–H groups in total. The molecule has 0 radical (unpaired) electrons. The van der Waals surface area contributed by atoms with Crippen LogP contribution < -0.4 is 15.2 Å². The van der Waals surface area contributed by atoms with Crippen molar-refractivity contribution in [3.8, 4) is 11.5 Å². The fourth-order valence-corrected chi connectivity index (χ4v) is 3.58. The van der Waals surface area contributed by atoms with Crippen LogP contribution in [0.3, 0.4) is 0 Å². The summed E-state index contributed by atoms with van der Waals surface area (Å²) in [6.45, 7) is 8.40. The molecule has 0 aromatic heterocycles. The Morgan fingerprint density at radius 2 is 1.75 bits per heavy atom. The highest BCUT2D eigenvalue weighted by molar-refractivity contribution is 5.68. The number of rotatable bonds is 8. The molecule has 1 saturated heterocycles. The van der Waals surface area contributed by atoms with Gasteiger partial charge < -0.3 is 29.6 Å². The average molecular weight is 443 g/mol.